The fourth-order valence-corrected chi connectivity index (χ4v) is 3.68. The summed E-state index contributed by atoms with van der Waals surface area (Å²) in [4.78, 5) is 25.9. The van der Waals surface area contributed by atoms with Gasteiger partial charge in [0.2, 0.25) is 5.95 Å². The van der Waals surface area contributed by atoms with Crippen LogP contribution in [0.4, 0.5) is 5.95 Å². The third kappa shape index (κ3) is 4.39. The highest BCUT2D eigenvalue weighted by molar-refractivity contribution is 6.33. The Bertz CT molecular complexity index is 1020. The fourth-order valence-electron chi connectivity index (χ4n) is 3.46. The molecule has 6 nitrogen and oxygen atoms in total. The number of benzene rings is 2. The Balaban J connectivity index is 1.43. The number of rotatable bonds is 5. The molecule has 3 aromatic rings. The summed E-state index contributed by atoms with van der Waals surface area (Å²) in [6.07, 6.45) is 1.77. The Morgan fingerprint density at radius 1 is 1.03 bits per heavy atom. The van der Waals surface area contributed by atoms with Crippen molar-refractivity contribution in [3.63, 3.8) is 0 Å². The number of aromatic nitrogens is 2. The number of anilines is 1. The minimum absolute atomic E-state index is 0.0377. The minimum atomic E-state index is -0.0377. The Hall–Kier alpha value is -3.12. The molecule has 4 rings (SSSR count). The zero-order chi connectivity index (χ0) is 20.9. The molecule has 0 atom stereocenters. The molecule has 1 aromatic heterocycles. The summed E-state index contributed by atoms with van der Waals surface area (Å²) in [6, 6.07) is 16.9. The van der Waals surface area contributed by atoms with Crippen LogP contribution in [0.3, 0.4) is 0 Å². The lowest BCUT2D eigenvalue weighted by atomic mass is 10.1. The molecule has 154 valence electrons. The van der Waals surface area contributed by atoms with E-state index in [1.807, 2.05) is 54.3 Å². The standard InChI is InChI=1S/C23H23ClN4O2/c1-2-30-18-9-7-17(8-10-18)21-11-12-25-23(26-21)28-15-13-27(14-16-28)22(29)19-5-3-4-6-20(19)24/h3-12H,2,13-16H2,1H3. The van der Waals surface area contributed by atoms with E-state index in [1.165, 1.54) is 0 Å². The van der Waals surface area contributed by atoms with Crippen LogP contribution in [0, 0.1) is 0 Å². The third-order valence-electron chi connectivity index (χ3n) is 5.06. The first-order valence-corrected chi connectivity index (χ1v) is 10.4. The Labute approximate surface area is 181 Å². The average Bonchev–Trinajstić information content (AvgIpc) is 2.80. The van der Waals surface area contributed by atoms with E-state index in [-0.39, 0.29) is 5.91 Å². The lowest BCUT2D eigenvalue weighted by Gasteiger charge is -2.35. The number of carbonyl (C=O) groups excluding carboxylic acids is 1. The second kappa shape index (κ2) is 9.13. The maximum atomic E-state index is 12.8. The van der Waals surface area contributed by atoms with Gasteiger partial charge < -0.3 is 14.5 Å². The summed E-state index contributed by atoms with van der Waals surface area (Å²) in [6.45, 7) is 5.14. The van der Waals surface area contributed by atoms with Crippen LogP contribution in [-0.4, -0.2) is 53.6 Å². The summed E-state index contributed by atoms with van der Waals surface area (Å²) in [5.41, 5.74) is 2.41. The third-order valence-corrected chi connectivity index (χ3v) is 5.39. The smallest absolute Gasteiger partial charge is 0.255 e. The molecule has 0 saturated carbocycles. The second-order valence-electron chi connectivity index (χ2n) is 6.96. The van der Waals surface area contributed by atoms with Crippen molar-refractivity contribution in [1.29, 1.82) is 0 Å². The lowest BCUT2D eigenvalue weighted by Crippen LogP contribution is -2.49. The van der Waals surface area contributed by atoms with Gasteiger partial charge in [0, 0.05) is 37.9 Å². The molecular formula is C23H23ClN4O2. The van der Waals surface area contributed by atoms with Gasteiger partial charge in [-0.15, -0.1) is 0 Å². The number of ether oxygens (including phenoxy) is 1. The van der Waals surface area contributed by atoms with Crippen LogP contribution in [-0.2, 0) is 0 Å². The zero-order valence-electron chi connectivity index (χ0n) is 16.8. The van der Waals surface area contributed by atoms with Crippen molar-refractivity contribution in [2.45, 2.75) is 6.92 Å². The highest BCUT2D eigenvalue weighted by atomic mass is 35.5. The summed E-state index contributed by atoms with van der Waals surface area (Å²) < 4.78 is 5.50. The van der Waals surface area contributed by atoms with Crippen LogP contribution >= 0.6 is 11.6 Å². The summed E-state index contributed by atoms with van der Waals surface area (Å²) in [5, 5.41) is 0.483. The van der Waals surface area contributed by atoms with Gasteiger partial charge in [-0.2, -0.15) is 0 Å². The maximum absolute atomic E-state index is 12.8. The van der Waals surface area contributed by atoms with E-state index < -0.39 is 0 Å². The predicted molar refractivity (Wildman–Crippen MR) is 118 cm³/mol. The number of piperazine rings is 1. The van der Waals surface area contributed by atoms with Crippen molar-refractivity contribution in [3.8, 4) is 17.0 Å². The van der Waals surface area contributed by atoms with E-state index in [2.05, 4.69) is 9.88 Å². The predicted octanol–water partition coefficient (Wildman–Crippen LogP) is 4.16. The molecule has 0 N–H and O–H groups in total. The van der Waals surface area contributed by atoms with Crippen molar-refractivity contribution in [2.75, 3.05) is 37.7 Å². The van der Waals surface area contributed by atoms with Crippen molar-refractivity contribution in [3.05, 3.63) is 71.4 Å². The van der Waals surface area contributed by atoms with E-state index in [0.717, 1.165) is 17.0 Å². The van der Waals surface area contributed by atoms with Gasteiger partial charge >= 0.3 is 0 Å². The van der Waals surface area contributed by atoms with Crippen LogP contribution in [0.1, 0.15) is 17.3 Å². The number of carbonyl (C=O) groups is 1. The molecule has 2 heterocycles. The highest BCUT2D eigenvalue weighted by Crippen LogP contribution is 2.23. The number of amides is 1. The summed E-state index contributed by atoms with van der Waals surface area (Å²) >= 11 is 6.18. The zero-order valence-corrected chi connectivity index (χ0v) is 17.5. The molecule has 1 aliphatic heterocycles. The number of nitrogens with zero attached hydrogens (tertiary/aromatic N) is 4. The van der Waals surface area contributed by atoms with Crippen LogP contribution in [0.2, 0.25) is 5.02 Å². The first-order chi connectivity index (χ1) is 14.7. The van der Waals surface area contributed by atoms with Gasteiger partial charge in [-0.25, -0.2) is 9.97 Å². The van der Waals surface area contributed by atoms with Gasteiger partial charge in [-0.1, -0.05) is 23.7 Å². The van der Waals surface area contributed by atoms with E-state index in [9.17, 15) is 4.79 Å². The molecule has 30 heavy (non-hydrogen) atoms. The van der Waals surface area contributed by atoms with Crippen LogP contribution in [0.5, 0.6) is 5.75 Å². The first-order valence-electron chi connectivity index (χ1n) is 10.0. The summed E-state index contributed by atoms with van der Waals surface area (Å²) in [5.74, 6) is 1.48. The van der Waals surface area contributed by atoms with E-state index in [1.54, 1.807) is 18.3 Å². The largest absolute Gasteiger partial charge is 0.494 e. The van der Waals surface area contributed by atoms with Crippen molar-refractivity contribution in [2.24, 2.45) is 0 Å². The Morgan fingerprint density at radius 3 is 2.47 bits per heavy atom. The molecule has 0 aliphatic carbocycles. The van der Waals surface area contributed by atoms with E-state index >= 15 is 0 Å². The topological polar surface area (TPSA) is 58.6 Å². The molecule has 1 saturated heterocycles. The molecule has 0 radical (unpaired) electrons. The molecule has 1 aliphatic rings. The number of halogens is 1. The van der Waals surface area contributed by atoms with Crippen molar-refractivity contribution >= 4 is 23.5 Å². The quantitative estimate of drug-likeness (QED) is 0.618. The molecule has 2 aromatic carbocycles. The molecule has 7 heteroatoms. The Kier molecular flexibility index (Phi) is 6.14. The van der Waals surface area contributed by atoms with Crippen LogP contribution in [0.15, 0.2) is 60.8 Å². The van der Waals surface area contributed by atoms with E-state index in [0.29, 0.717) is 49.3 Å². The second-order valence-corrected chi connectivity index (χ2v) is 7.37. The average molecular weight is 423 g/mol. The minimum Gasteiger partial charge on any atom is -0.494 e. The lowest BCUT2D eigenvalue weighted by molar-refractivity contribution is 0.0746. The van der Waals surface area contributed by atoms with Gasteiger partial charge in [-0.3, -0.25) is 4.79 Å². The molecule has 0 unspecified atom stereocenters. The molecule has 0 spiro atoms. The monoisotopic (exact) mass is 422 g/mol. The fraction of sp³-hybridized carbons (Fsp3) is 0.261. The van der Waals surface area contributed by atoms with Gasteiger partial charge in [0.1, 0.15) is 5.75 Å². The Morgan fingerprint density at radius 2 is 1.77 bits per heavy atom. The van der Waals surface area contributed by atoms with Gasteiger partial charge in [0.05, 0.1) is 22.9 Å². The molecule has 0 bridgehead atoms. The molecule has 1 amide bonds. The number of hydrogen-bond donors (Lipinski definition) is 0. The van der Waals surface area contributed by atoms with Crippen molar-refractivity contribution < 1.29 is 9.53 Å². The van der Waals surface area contributed by atoms with Gasteiger partial charge in [0.25, 0.3) is 5.91 Å². The molecular weight excluding hydrogens is 400 g/mol. The number of hydrogen-bond acceptors (Lipinski definition) is 5. The SMILES string of the molecule is CCOc1ccc(-c2ccnc(N3CCN(C(=O)c4ccccc4Cl)CC3)n2)cc1. The van der Waals surface area contributed by atoms with E-state index in [4.69, 9.17) is 21.3 Å². The highest BCUT2D eigenvalue weighted by Gasteiger charge is 2.24. The first kappa shape index (κ1) is 20.2. The van der Waals surface area contributed by atoms with Gasteiger partial charge in [-0.05, 0) is 49.4 Å². The van der Waals surface area contributed by atoms with Crippen LogP contribution < -0.4 is 9.64 Å². The normalized spacial score (nSPS) is 13.9. The van der Waals surface area contributed by atoms with Crippen LogP contribution in [0.25, 0.3) is 11.3 Å². The van der Waals surface area contributed by atoms with Crippen molar-refractivity contribution in [1.82, 2.24) is 14.9 Å². The van der Waals surface area contributed by atoms with Gasteiger partial charge in [0.15, 0.2) is 0 Å². The maximum Gasteiger partial charge on any atom is 0.255 e. The summed E-state index contributed by atoms with van der Waals surface area (Å²) in [7, 11) is 0. The molecule has 1 fully saturated rings.